The van der Waals surface area contributed by atoms with Gasteiger partial charge in [-0.3, -0.25) is 9.59 Å². The molecule has 0 aliphatic carbocycles. The minimum Gasteiger partial charge on any atom is -0.507 e. The molecule has 2 aromatic carbocycles. The number of unbranched alkanes of at least 4 members (excludes halogenated alkanes) is 1. The lowest BCUT2D eigenvalue weighted by Gasteiger charge is -2.08. The standard InChI is InChI=1S/C20H22O6/c1-25-13-7-9-19(23)15(11-13)17(21)5-3-4-6-18(22)16-12-14(26-2)8-10-20(16)24/h7-12,23-24H,3-6H2,1-2H3. The van der Waals surface area contributed by atoms with Crippen molar-refractivity contribution in [2.75, 3.05) is 14.2 Å². The lowest BCUT2D eigenvalue weighted by atomic mass is 10.0. The van der Waals surface area contributed by atoms with Gasteiger partial charge in [0.05, 0.1) is 25.3 Å². The molecule has 0 saturated carbocycles. The van der Waals surface area contributed by atoms with Crippen LogP contribution in [0.1, 0.15) is 46.4 Å². The largest absolute Gasteiger partial charge is 0.507 e. The number of benzene rings is 2. The van der Waals surface area contributed by atoms with Crippen molar-refractivity contribution in [3.8, 4) is 23.0 Å². The van der Waals surface area contributed by atoms with Crippen LogP contribution in [0.3, 0.4) is 0 Å². The molecule has 0 amide bonds. The molecule has 0 saturated heterocycles. The van der Waals surface area contributed by atoms with Gasteiger partial charge in [0.2, 0.25) is 0 Å². The molecule has 26 heavy (non-hydrogen) atoms. The maximum atomic E-state index is 12.2. The predicted octanol–water partition coefficient (Wildman–Crippen LogP) is 3.74. The van der Waals surface area contributed by atoms with Crippen molar-refractivity contribution in [2.45, 2.75) is 25.7 Å². The second kappa shape index (κ2) is 8.89. The van der Waals surface area contributed by atoms with Crippen molar-refractivity contribution >= 4 is 11.6 Å². The van der Waals surface area contributed by atoms with Gasteiger partial charge in [-0.1, -0.05) is 0 Å². The molecule has 0 spiro atoms. The summed E-state index contributed by atoms with van der Waals surface area (Å²) in [5, 5.41) is 19.6. The summed E-state index contributed by atoms with van der Waals surface area (Å²) in [5.74, 6) is 0.391. The van der Waals surface area contributed by atoms with Gasteiger partial charge in [0.15, 0.2) is 11.6 Å². The molecule has 2 aromatic rings. The van der Waals surface area contributed by atoms with Gasteiger partial charge in [-0.25, -0.2) is 0 Å². The molecule has 0 aliphatic rings. The summed E-state index contributed by atoms with van der Waals surface area (Å²) < 4.78 is 10.1. The zero-order valence-corrected chi connectivity index (χ0v) is 14.8. The third-order valence-electron chi connectivity index (χ3n) is 4.07. The number of hydrogen-bond donors (Lipinski definition) is 2. The number of methoxy groups -OCH3 is 2. The first-order valence-electron chi connectivity index (χ1n) is 8.26. The molecule has 0 aromatic heterocycles. The topological polar surface area (TPSA) is 93.1 Å². The van der Waals surface area contributed by atoms with Crippen molar-refractivity contribution in [2.24, 2.45) is 0 Å². The van der Waals surface area contributed by atoms with E-state index < -0.39 is 0 Å². The highest BCUT2D eigenvalue weighted by Crippen LogP contribution is 2.26. The van der Waals surface area contributed by atoms with Crippen LogP contribution < -0.4 is 9.47 Å². The van der Waals surface area contributed by atoms with E-state index in [4.69, 9.17) is 9.47 Å². The van der Waals surface area contributed by atoms with Gasteiger partial charge < -0.3 is 19.7 Å². The SMILES string of the molecule is COc1ccc(O)c(C(=O)CCCCC(=O)c2cc(OC)ccc2O)c1. The first-order valence-corrected chi connectivity index (χ1v) is 8.26. The van der Waals surface area contributed by atoms with Crippen LogP contribution >= 0.6 is 0 Å². The molecule has 6 heteroatoms. The zero-order valence-electron chi connectivity index (χ0n) is 14.8. The highest BCUT2D eigenvalue weighted by molar-refractivity contribution is 6.00. The normalized spacial score (nSPS) is 10.4. The fourth-order valence-corrected chi connectivity index (χ4v) is 2.57. The number of ketones is 2. The molecule has 0 bridgehead atoms. The maximum Gasteiger partial charge on any atom is 0.166 e. The van der Waals surface area contributed by atoms with Crippen LogP contribution in [-0.4, -0.2) is 36.0 Å². The molecule has 2 N–H and O–H groups in total. The van der Waals surface area contributed by atoms with Crippen molar-refractivity contribution in [1.82, 2.24) is 0 Å². The number of hydrogen-bond acceptors (Lipinski definition) is 6. The Morgan fingerprint density at radius 3 is 1.50 bits per heavy atom. The molecule has 0 radical (unpaired) electrons. The maximum absolute atomic E-state index is 12.2. The van der Waals surface area contributed by atoms with Crippen LogP contribution in [-0.2, 0) is 0 Å². The number of Topliss-reactive ketones (excluding diaryl/α,β-unsaturated/α-hetero) is 2. The van der Waals surface area contributed by atoms with Crippen molar-refractivity contribution in [1.29, 1.82) is 0 Å². The minimum absolute atomic E-state index is 0.0896. The fraction of sp³-hybridized carbons (Fsp3) is 0.300. The molecule has 138 valence electrons. The summed E-state index contributed by atoms with van der Waals surface area (Å²) in [6, 6.07) is 8.98. The molecular formula is C20H22O6. The fourth-order valence-electron chi connectivity index (χ4n) is 2.57. The van der Waals surface area contributed by atoms with Crippen molar-refractivity contribution in [3.05, 3.63) is 47.5 Å². The van der Waals surface area contributed by atoms with Gasteiger partial charge in [0.1, 0.15) is 23.0 Å². The van der Waals surface area contributed by atoms with Crippen LogP contribution in [0.2, 0.25) is 0 Å². The van der Waals surface area contributed by atoms with E-state index in [1.54, 1.807) is 12.1 Å². The number of carbonyl (C=O) groups is 2. The number of phenolic OH excluding ortho intramolecular Hbond substituents is 2. The Hall–Kier alpha value is -3.02. The molecule has 0 unspecified atom stereocenters. The summed E-state index contributed by atoms with van der Waals surface area (Å²) in [6.45, 7) is 0. The Balaban J connectivity index is 1.89. The molecule has 2 rings (SSSR count). The molecule has 6 nitrogen and oxygen atoms in total. The lowest BCUT2D eigenvalue weighted by Crippen LogP contribution is -2.03. The number of ether oxygens (including phenoxy) is 2. The Morgan fingerprint density at radius 1 is 0.769 bits per heavy atom. The third-order valence-corrected chi connectivity index (χ3v) is 4.07. The van der Waals surface area contributed by atoms with E-state index in [2.05, 4.69) is 0 Å². The summed E-state index contributed by atoms with van der Waals surface area (Å²) in [5.41, 5.74) is 0.419. The monoisotopic (exact) mass is 358 g/mol. The summed E-state index contributed by atoms with van der Waals surface area (Å²) in [7, 11) is 2.97. The van der Waals surface area contributed by atoms with E-state index >= 15 is 0 Å². The summed E-state index contributed by atoms with van der Waals surface area (Å²) in [6.07, 6.45) is 1.40. The number of phenols is 2. The van der Waals surface area contributed by atoms with Gasteiger partial charge in [0, 0.05) is 12.8 Å². The summed E-state index contributed by atoms with van der Waals surface area (Å²) in [4.78, 5) is 24.5. The van der Waals surface area contributed by atoms with Crippen LogP contribution in [0.25, 0.3) is 0 Å². The van der Waals surface area contributed by atoms with Crippen molar-refractivity contribution < 1.29 is 29.3 Å². The smallest absolute Gasteiger partial charge is 0.166 e. The molecular weight excluding hydrogens is 336 g/mol. The van der Waals surface area contributed by atoms with E-state index in [1.165, 1.54) is 38.5 Å². The zero-order chi connectivity index (χ0) is 19.1. The van der Waals surface area contributed by atoms with Gasteiger partial charge in [-0.05, 0) is 49.2 Å². The van der Waals surface area contributed by atoms with Gasteiger partial charge in [-0.15, -0.1) is 0 Å². The Kier molecular flexibility index (Phi) is 6.60. The molecule has 0 atom stereocenters. The predicted molar refractivity (Wildman–Crippen MR) is 96.4 cm³/mol. The van der Waals surface area contributed by atoms with E-state index in [-0.39, 0.29) is 47.0 Å². The minimum atomic E-state index is -0.210. The quantitative estimate of drug-likeness (QED) is 0.524. The first kappa shape index (κ1) is 19.3. The van der Waals surface area contributed by atoms with Crippen LogP contribution in [0.15, 0.2) is 36.4 Å². The highest BCUT2D eigenvalue weighted by atomic mass is 16.5. The Bertz CT molecular complexity index is 729. The first-order chi connectivity index (χ1) is 12.5. The van der Waals surface area contributed by atoms with Crippen LogP contribution in [0.5, 0.6) is 23.0 Å². The number of rotatable bonds is 9. The number of carbonyl (C=O) groups excluding carboxylic acids is 2. The molecule has 0 heterocycles. The summed E-state index contributed by atoms with van der Waals surface area (Å²) >= 11 is 0. The van der Waals surface area contributed by atoms with Crippen LogP contribution in [0.4, 0.5) is 0 Å². The second-order valence-corrected chi connectivity index (χ2v) is 5.82. The lowest BCUT2D eigenvalue weighted by molar-refractivity contribution is 0.0951. The highest BCUT2D eigenvalue weighted by Gasteiger charge is 2.15. The van der Waals surface area contributed by atoms with E-state index in [9.17, 15) is 19.8 Å². The van der Waals surface area contributed by atoms with E-state index in [1.807, 2.05) is 0 Å². The molecule has 0 fully saturated rings. The van der Waals surface area contributed by atoms with E-state index in [0.29, 0.717) is 24.3 Å². The third kappa shape index (κ3) is 4.75. The van der Waals surface area contributed by atoms with Gasteiger partial charge >= 0.3 is 0 Å². The second-order valence-electron chi connectivity index (χ2n) is 5.82. The van der Waals surface area contributed by atoms with Crippen molar-refractivity contribution in [3.63, 3.8) is 0 Å². The average molecular weight is 358 g/mol. The average Bonchev–Trinajstić information content (AvgIpc) is 2.65. The van der Waals surface area contributed by atoms with Crippen LogP contribution in [0, 0.1) is 0 Å². The van der Waals surface area contributed by atoms with Gasteiger partial charge in [-0.2, -0.15) is 0 Å². The Labute approximate surface area is 152 Å². The Morgan fingerprint density at radius 2 is 1.15 bits per heavy atom. The van der Waals surface area contributed by atoms with E-state index in [0.717, 1.165) is 0 Å². The number of aromatic hydroxyl groups is 2. The van der Waals surface area contributed by atoms with Gasteiger partial charge in [0.25, 0.3) is 0 Å². The molecule has 0 aliphatic heterocycles.